The van der Waals surface area contributed by atoms with Crippen LogP contribution in [0.3, 0.4) is 0 Å². The maximum absolute atomic E-state index is 12.5. The van der Waals surface area contributed by atoms with Crippen LogP contribution in [0, 0.1) is 11.8 Å². The van der Waals surface area contributed by atoms with Crippen molar-refractivity contribution in [3.63, 3.8) is 0 Å². The molecule has 0 unspecified atom stereocenters. The van der Waals surface area contributed by atoms with Crippen molar-refractivity contribution >= 4 is 17.7 Å². The van der Waals surface area contributed by atoms with Gasteiger partial charge in [-0.15, -0.1) is 0 Å². The zero-order valence-electron chi connectivity index (χ0n) is 17.0. The van der Waals surface area contributed by atoms with Gasteiger partial charge in [0.05, 0.1) is 0 Å². The Kier molecular flexibility index (Phi) is 10.2. The molecule has 1 saturated carbocycles. The van der Waals surface area contributed by atoms with Crippen molar-refractivity contribution in [3.8, 4) is 0 Å². The smallest absolute Gasteiger partial charge is 0.253 e. The summed E-state index contributed by atoms with van der Waals surface area (Å²) < 4.78 is 0. The molecule has 3 aliphatic rings. The molecule has 0 aromatic rings. The predicted octanol–water partition coefficient (Wildman–Crippen LogP) is 3.78. The van der Waals surface area contributed by atoms with Crippen LogP contribution in [0.2, 0.25) is 0 Å². The van der Waals surface area contributed by atoms with E-state index in [1.54, 1.807) is 0 Å². The fourth-order valence-electron chi connectivity index (χ4n) is 3.83. The highest BCUT2D eigenvalue weighted by molar-refractivity contribution is 6.12. The Morgan fingerprint density at radius 2 is 1.38 bits per heavy atom. The number of hydrogen-bond acceptors (Lipinski definition) is 3. The number of imide groups is 1. The zero-order chi connectivity index (χ0) is 19.5. The third-order valence-electron chi connectivity index (χ3n) is 5.21. The van der Waals surface area contributed by atoms with Gasteiger partial charge in [-0.05, 0) is 50.9 Å². The standard InChI is InChI=1S/C17H24N2O3.2C2H6/c20-15-8-9-16(21)19(15)12-13-4-6-14(7-5-13)17(22)18-10-2-1-3-11-18;2*1-2/h8-9,13-14H,1-7,10-12H2;2*1-2H3. The van der Waals surface area contributed by atoms with Gasteiger partial charge >= 0.3 is 0 Å². The molecular weight excluding hydrogens is 328 g/mol. The van der Waals surface area contributed by atoms with Crippen molar-refractivity contribution in [2.24, 2.45) is 11.8 Å². The summed E-state index contributed by atoms with van der Waals surface area (Å²) in [5.41, 5.74) is 0. The Labute approximate surface area is 158 Å². The van der Waals surface area contributed by atoms with E-state index in [-0.39, 0.29) is 17.7 Å². The van der Waals surface area contributed by atoms with E-state index in [0.29, 0.717) is 18.4 Å². The highest BCUT2D eigenvalue weighted by atomic mass is 16.2. The number of piperidine rings is 1. The van der Waals surface area contributed by atoms with Crippen molar-refractivity contribution in [2.75, 3.05) is 19.6 Å². The predicted molar refractivity (Wildman–Crippen MR) is 104 cm³/mol. The van der Waals surface area contributed by atoms with Crippen LogP contribution >= 0.6 is 0 Å². The van der Waals surface area contributed by atoms with Crippen molar-refractivity contribution in [2.45, 2.75) is 72.6 Å². The van der Waals surface area contributed by atoms with Crippen molar-refractivity contribution in [3.05, 3.63) is 12.2 Å². The number of amides is 3. The summed E-state index contributed by atoms with van der Waals surface area (Å²) in [7, 11) is 0. The summed E-state index contributed by atoms with van der Waals surface area (Å²) in [4.78, 5) is 39.1. The molecule has 0 radical (unpaired) electrons. The lowest BCUT2D eigenvalue weighted by atomic mass is 9.81. The van der Waals surface area contributed by atoms with Gasteiger partial charge in [0.1, 0.15) is 0 Å². The molecule has 5 heteroatoms. The second-order valence-electron chi connectivity index (χ2n) is 6.72. The summed E-state index contributed by atoms with van der Waals surface area (Å²) in [6, 6.07) is 0. The van der Waals surface area contributed by atoms with Crippen LogP contribution in [0.1, 0.15) is 72.6 Å². The van der Waals surface area contributed by atoms with E-state index in [1.165, 1.54) is 23.5 Å². The quantitative estimate of drug-likeness (QED) is 0.716. The Bertz CT molecular complexity index is 469. The van der Waals surface area contributed by atoms with Gasteiger partial charge in [0.15, 0.2) is 0 Å². The minimum atomic E-state index is -0.198. The lowest BCUT2D eigenvalue weighted by Crippen LogP contribution is -2.42. The van der Waals surface area contributed by atoms with Crippen molar-refractivity contribution < 1.29 is 14.4 Å². The molecule has 0 aromatic heterocycles. The molecule has 0 N–H and O–H groups in total. The van der Waals surface area contributed by atoms with Gasteiger partial charge in [-0.25, -0.2) is 0 Å². The normalized spacial score (nSPS) is 25.2. The second kappa shape index (κ2) is 11.9. The molecule has 3 amide bonds. The summed E-state index contributed by atoms with van der Waals surface area (Å²) in [5.74, 6) is 0.428. The summed E-state index contributed by atoms with van der Waals surface area (Å²) in [6.45, 7) is 10.3. The van der Waals surface area contributed by atoms with Crippen LogP contribution < -0.4 is 0 Å². The largest absolute Gasteiger partial charge is 0.342 e. The topological polar surface area (TPSA) is 57.7 Å². The van der Waals surface area contributed by atoms with E-state index >= 15 is 0 Å². The summed E-state index contributed by atoms with van der Waals surface area (Å²) >= 11 is 0. The van der Waals surface area contributed by atoms with E-state index in [0.717, 1.165) is 51.6 Å². The van der Waals surface area contributed by atoms with E-state index in [9.17, 15) is 14.4 Å². The number of rotatable bonds is 3. The third-order valence-corrected chi connectivity index (χ3v) is 5.21. The molecule has 1 aliphatic carbocycles. The fourth-order valence-corrected chi connectivity index (χ4v) is 3.83. The molecule has 2 heterocycles. The van der Waals surface area contributed by atoms with Crippen LogP contribution in [0.5, 0.6) is 0 Å². The van der Waals surface area contributed by atoms with Gasteiger partial charge in [-0.2, -0.15) is 0 Å². The monoisotopic (exact) mass is 364 g/mol. The zero-order valence-corrected chi connectivity index (χ0v) is 17.0. The molecule has 2 aliphatic heterocycles. The highest BCUT2D eigenvalue weighted by Gasteiger charge is 2.32. The fraction of sp³-hybridized carbons (Fsp3) is 0.762. The maximum Gasteiger partial charge on any atom is 0.253 e. The molecular formula is C21H36N2O3. The van der Waals surface area contributed by atoms with Crippen LogP contribution in [0.15, 0.2) is 12.2 Å². The Morgan fingerprint density at radius 3 is 1.88 bits per heavy atom. The van der Waals surface area contributed by atoms with Crippen LogP contribution in [-0.2, 0) is 14.4 Å². The minimum absolute atomic E-state index is 0.150. The van der Waals surface area contributed by atoms with Gasteiger partial charge in [-0.1, -0.05) is 27.7 Å². The van der Waals surface area contributed by atoms with Crippen molar-refractivity contribution in [1.82, 2.24) is 9.80 Å². The third kappa shape index (κ3) is 5.96. The van der Waals surface area contributed by atoms with E-state index in [1.807, 2.05) is 32.6 Å². The summed E-state index contributed by atoms with van der Waals surface area (Å²) in [5, 5.41) is 0. The Morgan fingerprint density at radius 1 is 0.885 bits per heavy atom. The Balaban J connectivity index is 0.000000791. The first-order valence-corrected chi connectivity index (χ1v) is 10.5. The van der Waals surface area contributed by atoms with E-state index < -0.39 is 0 Å². The molecule has 148 valence electrons. The molecule has 0 spiro atoms. The average Bonchev–Trinajstić information content (AvgIpc) is 3.04. The molecule has 0 aromatic carbocycles. The molecule has 3 rings (SSSR count). The minimum Gasteiger partial charge on any atom is -0.342 e. The van der Waals surface area contributed by atoms with Gasteiger partial charge < -0.3 is 4.90 Å². The van der Waals surface area contributed by atoms with Crippen molar-refractivity contribution in [1.29, 1.82) is 0 Å². The second-order valence-corrected chi connectivity index (χ2v) is 6.72. The molecule has 0 bridgehead atoms. The first-order chi connectivity index (χ1) is 12.6. The average molecular weight is 365 g/mol. The summed E-state index contributed by atoms with van der Waals surface area (Å²) in [6.07, 6.45) is 9.83. The number of likely N-dealkylation sites (tertiary alicyclic amines) is 1. The molecule has 1 saturated heterocycles. The van der Waals surface area contributed by atoms with Gasteiger partial charge in [-0.3, -0.25) is 19.3 Å². The lowest BCUT2D eigenvalue weighted by molar-refractivity contribution is -0.140. The number of nitrogens with zero attached hydrogens (tertiary/aromatic N) is 2. The molecule has 2 fully saturated rings. The Hall–Kier alpha value is -1.65. The first-order valence-electron chi connectivity index (χ1n) is 10.5. The van der Waals surface area contributed by atoms with E-state index in [4.69, 9.17) is 0 Å². The maximum atomic E-state index is 12.5. The lowest BCUT2D eigenvalue weighted by Gasteiger charge is -2.34. The highest BCUT2D eigenvalue weighted by Crippen LogP contribution is 2.31. The first kappa shape index (κ1) is 22.4. The van der Waals surface area contributed by atoms with Gasteiger partial charge in [0.2, 0.25) is 5.91 Å². The van der Waals surface area contributed by atoms with Crippen LogP contribution in [-0.4, -0.2) is 47.2 Å². The number of carbonyl (C=O) groups is 3. The molecule has 26 heavy (non-hydrogen) atoms. The van der Waals surface area contributed by atoms with Gasteiger partial charge in [0.25, 0.3) is 11.8 Å². The van der Waals surface area contributed by atoms with E-state index in [2.05, 4.69) is 0 Å². The van der Waals surface area contributed by atoms with Crippen LogP contribution in [0.25, 0.3) is 0 Å². The van der Waals surface area contributed by atoms with Crippen LogP contribution in [0.4, 0.5) is 0 Å². The number of carbonyl (C=O) groups excluding carboxylic acids is 3. The SMILES string of the molecule is CC.CC.O=C(C1CCC(CN2C(=O)C=CC2=O)CC1)N1CCCCC1. The number of hydrogen-bond donors (Lipinski definition) is 0. The molecule has 5 nitrogen and oxygen atoms in total. The molecule has 0 atom stereocenters. The van der Waals surface area contributed by atoms with Gasteiger partial charge in [0, 0.05) is 37.7 Å².